The minimum absolute atomic E-state index is 0.212. The predicted octanol–water partition coefficient (Wildman–Crippen LogP) is 11.9. The molecule has 0 heterocycles. The van der Waals surface area contributed by atoms with Gasteiger partial charge in [0, 0.05) is 0 Å². The van der Waals surface area contributed by atoms with E-state index in [2.05, 4.69) is 104 Å². The number of benzene rings is 8. The third-order valence-electron chi connectivity index (χ3n) is 9.55. The monoisotopic (exact) mass is 534 g/mol. The summed E-state index contributed by atoms with van der Waals surface area (Å²) in [6.07, 6.45) is 0. The first-order valence-electron chi connectivity index (χ1n) is 14.5. The molecule has 0 unspecified atom stereocenters. The van der Waals surface area contributed by atoms with Crippen molar-refractivity contribution in [2.45, 2.75) is 6.92 Å². The van der Waals surface area contributed by atoms with Gasteiger partial charge in [-0.25, -0.2) is 4.39 Å². The van der Waals surface area contributed by atoms with E-state index in [0.717, 1.165) is 11.1 Å². The van der Waals surface area contributed by atoms with Gasteiger partial charge >= 0.3 is 0 Å². The normalized spacial score (nSPS) is 12.5. The van der Waals surface area contributed by atoms with Crippen LogP contribution >= 0.6 is 0 Å². The highest BCUT2D eigenvalue weighted by Gasteiger charge is 2.17. The van der Waals surface area contributed by atoms with Crippen molar-refractivity contribution in [3.63, 3.8) is 0 Å². The van der Waals surface area contributed by atoms with E-state index in [4.69, 9.17) is 0 Å². The number of hydrogen-bond acceptors (Lipinski definition) is 0. The lowest BCUT2D eigenvalue weighted by atomic mass is 9.95. The van der Waals surface area contributed by atoms with Crippen LogP contribution in [0.1, 0.15) is 5.56 Å². The Labute approximate surface area is 240 Å². The molecule has 0 nitrogen and oxygen atoms in total. The van der Waals surface area contributed by atoms with E-state index in [1.807, 2.05) is 12.1 Å². The molecule has 0 amide bonds. The van der Waals surface area contributed by atoms with E-state index < -0.39 is 0 Å². The minimum atomic E-state index is -0.212. The lowest BCUT2D eigenvalue weighted by Crippen LogP contribution is -1.82. The zero-order valence-corrected chi connectivity index (χ0v) is 22.9. The summed E-state index contributed by atoms with van der Waals surface area (Å²) < 4.78 is 13.6. The van der Waals surface area contributed by atoms with Crippen LogP contribution < -0.4 is 0 Å². The summed E-state index contributed by atoms with van der Waals surface area (Å²) in [5, 5.41) is 20.9. The SMILES string of the molecule is Cc1cc2cccc3c4cc5cc6c(cc5cc4c(c1)c23)c1cc2cc(-c3ccc(F)cc3)ccc2c2cccc6c21. The molecule has 0 spiro atoms. The molecule has 0 N–H and O–H groups in total. The second-order valence-electron chi connectivity index (χ2n) is 12.0. The van der Waals surface area contributed by atoms with Crippen molar-refractivity contribution in [1.82, 2.24) is 0 Å². The lowest BCUT2D eigenvalue weighted by Gasteiger charge is -2.08. The van der Waals surface area contributed by atoms with Crippen LogP contribution in [0.25, 0.3) is 97.3 Å². The Bertz CT molecular complexity index is 2730. The second-order valence-corrected chi connectivity index (χ2v) is 12.0. The number of rotatable bonds is 1. The van der Waals surface area contributed by atoms with Crippen molar-refractivity contribution < 1.29 is 4.39 Å². The Hall–Kier alpha value is -5.27. The Morgan fingerprint density at radius 1 is 0.357 bits per heavy atom. The molecule has 0 aliphatic heterocycles. The van der Waals surface area contributed by atoms with Crippen LogP contribution in [0, 0.1) is 12.7 Å². The summed E-state index contributed by atoms with van der Waals surface area (Å²) in [7, 11) is 0. The van der Waals surface area contributed by atoms with Gasteiger partial charge in [0.2, 0.25) is 0 Å². The Kier molecular flexibility index (Phi) is 4.12. The Balaban J connectivity index is 1.31. The van der Waals surface area contributed by atoms with Gasteiger partial charge in [-0.1, -0.05) is 72.8 Å². The molecule has 194 valence electrons. The molecule has 0 fully saturated rings. The lowest BCUT2D eigenvalue weighted by molar-refractivity contribution is 0.628. The summed E-state index contributed by atoms with van der Waals surface area (Å²) in [5.74, 6) is -0.212. The summed E-state index contributed by atoms with van der Waals surface area (Å²) in [6, 6.07) is 43.4. The quantitative estimate of drug-likeness (QED) is 0.184. The largest absolute Gasteiger partial charge is 0.207 e. The molecule has 10 rings (SSSR count). The van der Waals surface area contributed by atoms with Crippen molar-refractivity contribution in [2.24, 2.45) is 0 Å². The fourth-order valence-electron chi connectivity index (χ4n) is 7.74. The molecule has 0 saturated carbocycles. The summed E-state index contributed by atoms with van der Waals surface area (Å²) in [5.41, 5.74) is 3.42. The molecule has 0 aromatic heterocycles. The molecular formula is C41H23F. The first kappa shape index (κ1) is 22.4. The average molecular weight is 535 g/mol. The van der Waals surface area contributed by atoms with Crippen molar-refractivity contribution in [3.8, 4) is 11.1 Å². The number of fused-ring (bicyclic) bond motifs is 9. The number of halogens is 1. The standard InChI is InChI=1S/C41H23F/c1-22-14-25-4-2-5-32-34-17-26-18-35-33-7-3-6-31-30-13-10-24(23-8-11-29(42)12-9-23)16-28(30)21-39(41(31)33)37(35)20-27(26)19-36(34)38(15-22)40(25)32/h2-21H,1H3. The van der Waals surface area contributed by atoms with Gasteiger partial charge in [0.15, 0.2) is 0 Å². The molecule has 1 heteroatoms. The minimum Gasteiger partial charge on any atom is -0.207 e. The van der Waals surface area contributed by atoms with Gasteiger partial charge in [-0.2, -0.15) is 0 Å². The number of hydrogen-bond donors (Lipinski definition) is 0. The molecule has 0 atom stereocenters. The molecule has 42 heavy (non-hydrogen) atoms. The predicted molar refractivity (Wildman–Crippen MR) is 179 cm³/mol. The molecule has 0 aliphatic rings. The van der Waals surface area contributed by atoms with Gasteiger partial charge in [-0.15, -0.1) is 0 Å². The highest BCUT2D eigenvalue weighted by Crippen LogP contribution is 2.45. The van der Waals surface area contributed by atoms with Crippen LogP contribution in [-0.2, 0) is 0 Å². The van der Waals surface area contributed by atoms with E-state index >= 15 is 0 Å². The van der Waals surface area contributed by atoms with Crippen LogP contribution in [0.2, 0.25) is 0 Å². The first-order valence-corrected chi connectivity index (χ1v) is 14.5. The maximum absolute atomic E-state index is 13.6. The fraction of sp³-hybridized carbons (Fsp3) is 0.0244. The van der Waals surface area contributed by atoms with Gasteiger partial charge < -0.3 is 0 Å². The topological polar surface area (TPSA) is 0 Å². The molecule has 0 radical (unpaired) electrons. The molecular weight excluding hydrogens is 511 g/mol. The van der Waals surface area contributed by atoms with Gasteiger partial charge in [0.25, 0.3) is 0 Å². The van der Waals surface area contributed by atoms with Crippen LogP contribution in [0.3, 0.4) is 0 Å². The Morgan fingerprint density at radius 2 is 0.905 bits per heavy atom. The molecule has 0 aliphatic carbocycles. The Morgan fingerprint density at radius 3 is 1.62 bits per heavy atom. The molecule has 0 bridgehead atoms. The highest BCUT2D eigenvalue weighted by atomic mass is 19.1. The second kappa shape index (κ2) is 7.72. The van der Waals surface area contributed by atoms with E-state index in [-0.39, 0.29) is 5.82 Å². The molecule has 10 aromatic rings. The third kappa shape index (κ3) is 2.85. The van der Waals surface area contributed by atoms with Crippen LogP contribution in [-0.4, -0.2) is 0 Å². The maximum atomic E-state index is 13.6. The van der Waals surface area contributed by atoms with Gasteiger partial charge in [0.1, 0.15) is 5.82 Å². The van der Waals surface area contributed by atoms with E-state index in [9.17, 15) is 4.39 Å². The first-order chi connectivity index (χ1) is 20.6. The summed E-state index contributed by atoms with van der Waals surface area (Å²) in [4.78, 5) is 0. The maximum Gasteiger partial charge on any atom is 0.123 e. The smallest absolute Gasteiger partial charge is 0.123 e. The van der Waals surface area contributed by atoms with E-state index in [0.29, 0.717) is 0 Å². The summed E-state index contributed by atoms with van der Waals surface area (Å²) in [6.45, 7) is 2.19. The van der Waals surface area contributed by atoms with E-state index in [1.165, 1.54) is 104 Å². The average Bonchev–Trinajstić information content (AvgIpc) is 3.48. The van der Waals surface area contributed by atoms with Gasteiger partial charge in [-0.05, 0) is 158 Å². The fourth-order valence-corrected chi connectivity index (χ4v) is 7.74. The molecule has 10 aromatic carbocycles. The van der Waals surface area contributed by atoms with Gasteiger partial charge in [-0.3, -0.25) is 0 Å². The summed E-state index contributed by atoms with van der Waals surface area (Å²) >= 11 is 0. The highest BCUT2D eigenvalue weighted by molar-refractivity contribution is 6.37. The van der Waals surface area contributed by atoms with Crippen LogP contribution in [0.5, 0.6) is 0 Å². The zero-order valence-electron chi connectivity index (χ0n) is 22.9. The van der Waals surface area contributed by atoms with Crippen LogP contribution in [0.15, 0.2) is 121 Å². The third-order valence-corrected chi connectivity index (χ3v) is 9.55. The number of aryl methyl sites for hydroxylation is 1. The van der Waals surface area contributed by atoms with Crippen LogP contribution in [0.4, 0.5) is 4.39 Å². The van der Waals surface area contributed by atoms with Crippen molar-refractivity contribution in [1.29, 1.82) is 0 Å². The zero-order chi connectivity index (χ0) is 27.7. The van der Waals surface area contributed by atoms with Crippen molar-refractivity contribution in [3.05, 3.63) is 133 Å². The van der Waals surface area contributed by atoms with E-state index in [1.54, 1.807) is 0 Å². The van der Waals surface area contributed by atoms with Crippen molar-refractivity contribution >= 4 is 86.2 Å². The molecule has 0 saturated heterocycles. The van der Waals surface area contributed by atoms with Crippen molar-refractivity contribution in [2.75, 3.05) is 0 Å². The van der Waals surface area contributed by atoms with Gasteiger partial charge in [0.05, 0.1) is 0 Å².